The van der Waals surface area contributed by atoms with E-state index in [0.717, 1.165) is 12.0 Å². The van der Waals surface area contributed by atoms with Crippen LogP contribution in [0.3, 0.4) is 0 Å². The molecular weight excluding hydrogens is 314 g/mol. The van der Waals surface area contributed by atoms with Crippen LogP contribution in [0.1, 0.15) is 12.5 Å². The third-order valence-electron chi connectivity index (χ3n) is 2.33. The molecule has 0 nitrogen and oxygen atoms in total. The molecule has 0 aliphatic carbocycles. The van der Waals surface area contributed by atoms with Crippen molar-refractivity contribution < 1.29 is 25.6 Å². The van der Waals surface area contributed by atoms with Gasteiger partial charge in [0.2, 0.25) is 0 Å². The molecule has 2 aromatic carbocycles. The molecule has 0 amide bonds. The van der Waals surface area contributed by atoms with Gasteiger partial charge in [0.1, 0.15) is 0 Å². The van der Waals surface area contributed by atoms with Crippen LogP contribution in [0.15, 0.2) is 48.5 Å². The Morgan fingerprint density at radius 3 is 2.50 bits per heavy atom. The standard InChI is InChI=1S/C14H13FI/c1-2-11-10-12(15)8-9-14(11)16-13-6-4-3-5-7-13/h3-10H,2H2,1H3/q-1. The first-order valence-corrected chi connectivity index (χ1v) is 7.43. The van der Waals surface area contributed by atoms with Crippen LogP contribution >= 0.6 is 0 Å². The van der Waals surface area contributed by atoms with Gasteiger partial charge in [-0.3, -0.25) is 0 Å². The Bertz CT molecular complexity index is 465. The number of halogens is 2. The molecule has 2 aromatic rings. The SMILES string of the molecule is CCc1cc(F)ccc1[I-]c1ccccc1. The van der Waals surface area contributed by atoms with Crippen LogP contribution in [0.4, 0.5) is 4.39 Å². The summed E-state index contributed by atoms with van der Waals surface area (Å²) in [5.41, 5.74) is 1.15. The van der Waals surface area contributed by atoms with Crippen molar-refractivity contribution in [2.24, 2.45) is 0 Å². The second-order valence-corrected chi connectivity index (χ2v) is 6.43. The monoisotopic (exact) mass is 327 g/mol. The number of benzene rings is 2. The van der Waals surface area contributed by atoms with E-state index in [2.05, 4.69) is 31.2 Å². The number of aryl methyl sites for hydroxylation is 1. The summed E-state index contributed by atoms with van der Waals surface area (Å²) in [6.45, 7) is 2.08. The zero-order valence-electron chi connectivity index (χ0n) is 9.08. The van der Waals surface area contributed by atoms with Crippen molar-refractivity contribution >= 4 is 0 Å². The molecule has 2 rings (SSSR count). The van der Waals surface area contributed by atoms with Gasteiger partial charge in [-0.15, -0.1) is 0 Å². The molecule has 0 saturated carbocycles. The third kappa shape index (κ3) is 2.82. The molecule has 0 N–H and O–H groups in total. The van der Waals surface area contributed by atoms with Gasteiger partial charge in [0, 0.05) is 0 Å². The average Bonchev–Trinajstić information content (AvgIpc) is 2.33. The van der Waals surface area contributed by atoms with E-state index >= 15 is 0 Å². The van der Waals surface area contributed by atoms with Gasteiger partial charge in [0.05, 0.1) is 0 Å². The van der Waals surface area contributed by atoms with E-state index in [1.54, 1.807) is 12.1 Å². The fourth-order valence-corrected chi connectivity index (χ4v) is 4.19. The second kappa shape index (κ2) is 5.43. The van der Waals surface area contributed by atoms with Crippen molar-refractivity contribution in [1.29, 1.82) is 0 Å². The van der Waals surface area contributed by atoms with Gasteiger partial charge < -0.3 is 0 Å². The predicted molar refractivity (Wildman–Crippen MR) is 59.6 cm³/mol. The maximum atomic E-state index is 13.1. The van der Waals surface area contributed by atoms with Crippen LogP contribution in [0.2, 0.25) is 0 Å². The molecule has 0 fully saturated rings. The summed E-state index contributed by atoms with van der Waals surface area (Å²) in [6.07, 6.45) is 0.902. The van der Waals surface area contributed by atoms with Crippen LogP contribution < -0.4 is 21.2 Å². The van der Waals surface area contributed by atoms with E-state index in [0.29, 0.717) is 0 Å². The van der Waals surface area contributed by atoms with Gasteiger partial charge in [-0.05, 0) is 0 Å². The van der Waals surface area contributed by atoms with Crippen LogP contribution in [0, 0.1) is 13.0 Å². The van der Waals surface area contributed by atoms with Crippen LogP contribution in [-0.4, -0.2) is 0 Å². The Hall–Kier alpha value is -0.900. The number of hydrogen-bond donors (Lipinski definition) is 0. The second-order valence-electron chi connectivity index (χ2n) is 3.48. The molecule has 0 aliphatic rings. The summed E-state index contributed by atoms with van der Waals surface area (Å²) >= 11 is -0.179. The molecule has 0 spiro atoms. The Kier molecular flexibility index (Phi) is 3.93. The Morgan fingerprint density at radius 2 is 1.81 bits per heavy atom. The zero-order chi connectivity index (χ0) is 11.4. The van der Waals surface area contributed by atoms with E-state index in [1.807, 2.05) is 12.1 Å². The quantitative estimate of drug-likeness (QED) is 0.721. The van der Waals surface area contributed by atoms with Crippen LogP contribution in [0.25, 0.3) is 0 Å². The molecule has 0 bridgehead atoms. The summed E-state index contributed by atoms with van der Waals surface area (Å²) in [5, 5.41) is 0. The molecule has 0 radical (unpaired) electrons. The van der Waals surface area contributed by atoms with Crippen LogP contribution in [0.5, 0.6) is 0 Å². The molecule has 0 unspecified atom stereocenters. The van der Waals surface area contributed by atoms with Gasteiger partial charge in [-0.25, -0.2) is 0 Å². The number of rotatable bonds is 3. The average molecular weight is 327 g/mol. The van der Waals surface area contributed by atoms with Gasteiger partial charge >= 0.3 is 106 Å². The summed E-state index contributed by atoms with van der Waals surface area (Å²) in [6, 6.07) is 15.6. The number of hydrogen-bond acceptors (Lipinski definition) is 0. The van der Waals surface area contributed by atoms with E-state index in [9.17, 15) is 4.39 Å². The topological polar surface area (TPSA) is 0 Å². The molecule has 0 aromatic heterocycles. The maximum absolute atomic E-state index is 13.1. The first-order chi connectivity index (χ1) is 7.79. The van der Waals surface area contributed by atoms with Crippen molar-refractivity contribution in [3.8, 4) is 0 Å². The third-order valence-corrected chi connectivity index (χ3v) is 5.31. The fourth-order valence-electron chi connectivity index (χ4n) is 1.50. The van der Waals surface area contributed by atoms with E-state index in [4.69, 9.17) is 0 Å². The van der Waals surface area contributed by atoms with Crippen molar-refractivity contribution in [2.75, 3.05) is 0 Å². The molecule has 2 heteroatoms. The van der Waals surface area contributed by atoms with Crippen molar-refractivity contribution in [1.82, 2.24) is 0 Å². The summed E-state index contributed by atoms with van der Waals surface area (Å²) in [7, 11) is 0. The predicted octanol–water partition coefficient (Wildman–Crippen LogP) is 0.516. The van der Waals surface area contributed by atoms with Crippen molar-refractivity contribution in [3.05, 3.63) is 67.1 Å². The summed E-state index contributed by atoms with van der Waals surface area (Å²) in [5.74, 6) is -0.127. The molecule has 0 saturated heterocycles. The Morgan fingerprint density at radius 1 is 1.06 bits per heavy atom. The molecule has 0 heterocycles. The summed E-state index contributed by atoms with van der Waals surface area (Å²) < 4.78 is 15.8. The van der Waals surface area contributed by atoms with Gasteiger partial charge in [-0.1, -0.05) is 0 Å². The molecule has 0 aliphatic heterocycles. The van der Waals surface area contributed by atoms with E-state index in [-0.39, 0.29) is 27.0 Å². The molecule has 84 valence electrons. The summed E-state index contributed by atoms with van der Waals surface area (Å²) in [4.78, 5) is 0. The minimum atomic E-state index is -0.179. The first-order valence-electron chi connectivity index (χ1n) is 5.28. The zero-order valence-corrected chi connectivity index (χ0v) is 11.2. The van der Waals surface area contributed by atoms with Gasteiger partial charge in [0.15, 0.2) is 0 Å². The first kappa shape index (κ1) is 11.6. The molecular formula is C14H13FI-. The normalized spacial score (nSPS) is 10.6. The van der Waals surface area contributed by atoms with Gasteiger partial charge in [-0.2, -0.15) is 0 Å². The van der Waals surface area contributed by atoms with Crippen molar-refractivity contribution in [3.63, 3.8) is 0 Å². The minimum absolute atomic E-state index is 0.127. The Labute approximate surface area is 106 Å². The van der Waals surface area contributed by atoms with E-state index < -0.39 is 0 Å². The molecule has 0 atom stereocenters. The van der Waals surface area contributed by atoms with Crippen LogP contribution in [-0.2, 0) is 6.42 Å². The van der Waals surface area contributed by atoms with Crippen molar-refractivity contribution in [2.45, 2.75) is 13.3 Å². The van der Waals surface area contributed by atoms with Gasteiger partial charge in [0.25, 0.3) is 0 Å². The Balaban J connectivity index is 2.28. The molecule has 16 heavy (non-hydrogen) atoms. The van der Waals surface area contributed by atoms with E-state index in [1.165, 1.54) is 7.14 Å². The fraction of sp³-hybridized carbons (Fsp3) is 0.143.